The van der Waals surface area contributed by atoms with Crippen LogP contribution in [0.5, 0.6) is 0 Å². The molecular weight excluding hydrogens is 516 g/mol. The van der Waals surface area contributed by atoms with Crippen molar-refractivity contribution >= 4 is 51.3 Å². The van der Waals surface area contributed by atoms with Crippen LogP contribution in [0.4, 0.5) is 13.2 Å². The lowest BCUT2D eigenvalue weighted by Crippen LogP contribution is -2.51. The number of hydrogen-bond donors (Lipinski definition) is 2. The van der Waals surface area contributed by atoms with Crippen molar-refractivity contribution in [1.29, 1.82) is 0 Å². The van der Waals surface area contributed by atoms with Crippen molar-refractivity contribution in [3.8, 4) is 0 Å². The number of nitrogens with zero attached hydrogens (tertiary/aromatic N) is 2. The van der Waals surface area contributed by atoms with Crippen LogP contribution in [0.2, 0.25) is 0 Å². The summed E-state index contributed by atoms with van der Waals surface area (Å²) in [5, 5.41) is 8.38. The molecule has 156 valence electrons. The number of sulfonamides is 1. The molecule has 2 heterocycles. The standard InChI is InChI=1S/C15H23F3N4O2S2.HI/c1-11(13-4-3-9-25-13)10-20-14(19-2)21-12-5-7-22(8-6-12)26(23,24)15(16,17)18;/h3-4,9,11-12H,5-8,10H2,1-2H3,(H2,19,20,21);1H. The van der Waals surface area contributed by atoms with E-state index in [9.17, 15) is 21.6 Å². The summed E-state index contributed by atoms with van der Waals surface area (Å²) in [4.78, 5) is 5.38. The highest BCUT2D eigenvalue weighted by Gasteiger charge is 2.50. The maximum Gasteiger partial charge on any atom is 0.511 e. The Labute approximate surface area is 178 Å². The zero-order chi connectivity index (χ0) is 19.4. The molecule has 0 aromatic carbocycles. The van der Waals surface area contributed by atoms with E-state index in [0.29, 0.717) is 22.7 Å². The first-order valence-corrected chi connectivity index (χ1v) is 10.5. The maximum absolute atomic E-state index is 12.6. The molecule has 2 N–H and O–H groups in total. The van der Waals surface area contributed by atoms with Crippen molar-refractivity contribution < 1.29 is 21.6 Å². The fourth-order valence-electron chi connectivity index (χ4n) is 2.70. The largest absolute Gasteiger partial charge is 0.511 e. The Morgan fingerprint density at radius 1 is 1.41 bits per heavy atom. The van der Waals surface area contributed by atoms with Gasteiger partial charge in [-0.05, 0) is 24.3 Å². The SMILES string of the molecule is CN=C(NCC(C)c1cccs1)NC1CCN(S(=O)(=O)C(F)(F)F)CC1.I. The summed E-state index contributed by atoms with van der Waals surface area (Å²) >= 11 is 1.68. The molecule has 0 aliphatic carbocycles. The quantitative estimate of drug-likeness (QED) is 0.343. The molecule has 0 radical (unpaired) electrons. The van der Waals surface area contributed by atoms with Crippen LogP contribution >= 0.6 is 35.3 Å². The number of hydrogen-bond acceptors (Lipinski definition) is 4. The molecule has 1 unspecified atom stereocenters. The molecule has 27 heavy (non-hydrogen) atoms. The van der Waals surface area contributed by atoms with E-state index in [1.54, 1.807) is 18.4 Å². The lowest BCUT2D eigenvalue weighted by Gasteiger charge is -2.32. The highest BCUT2D eigenvalue weighted by atomic mass is 127. The smallest absolute Gasteiger partial charge is 0.356 e. The summed E-state index contributed by atoms with van der Waals surface area (Å²) in [6.07, 6.45) is 0.576. The van der Waals surface area contributed by atoms with Gasteiger partial charge < -0.3 is 10.6 Å². The average molecular weight is 540 g/mol. The molecule has 0 amide bonds. The van der Waals surface area contributed by atoms with Gasteiger partial charge in [-0.2, -0.15) is 17.5 Å². The topological polar surface area (TPSA) is 73.8 Å². The zero-order valence-electron chi connectivity index (χ0n) is 15.0. The van der Waals surface area contributed by atoms with E-state index in [2.05, 4.69) is 28.6 Å². The molecule has 12 heteroatoms. The number of halogens is 4. The van der Waals surface area contributed by atoms with Gasteiger partial charge in [-0.3, -0.25) is 4.99 Å². The van der Waals surface area contributed by atoms with E-state index in [0.717, 1.165) is 0 Å². The second-order valence-electron chi connectivity index (χ2n) is 6.14. The summed E-state index contributed by atoms with van der Waals surface area (Å²) in [5.41, 5.74) is -5.25. The Morgan fingerprint density at radius 3 is 2.52 bits per heavy atom. The fourth-order valence-corrected chi connectivity index (χ4v) is 4.47. The van der Waals surface area contributed by atoms with Gasteiger partial charge in [-0.25, -0.2) is 8.42 Å². The molecule has 1 saturated heterocycles. The maximum atomic E-state index is 12.6. The van der Waals surface area contributed by atoms with Crippen molar-refractivity contribution in [2.75, 3.05) is 26.7 Å². The van der Waals surface area contributed by atoms with Crippen LogP contribution in [0.25, 0.3) is 0 Å². The van der Waals surface area contributed by atoms with E-state index < -0.39 is 15.5 Å². The Kier molecular flexibility index (Phi) is 9.28. The predicted octanol–water partition coefficient (Wildman–Crippen LogP) is 2.95. The van der Waals surface area contributed by atoms with Crippen molar-refractivity contribution in [2.24, 2.45) is 4.99 Å². The summed E-state index contributed by atoms with van der Waals surface area (Å²) in [6.45, 7) is 2.43. The lowest BCUT2D eigenvalue weighted by molar-refractivity contribution is -0.0494. The monoisotopic (exact) mass is 540 g/mol. The zero-order valence-corrected chi connectivity index (χ0v) is 19.0. The van der Waals surface area contributed by atoms with Crippen LogP contribution in [0.1, 0.15) is 30.6 Å². The normalized spacial score (nSPS) is 18.6. The summed E-state index contributed by atoms with van der Waals surface area (Å²) in [5.74, 6) is 0.859. The number of thiophene rings is 1. The molecule has 1 atom stereocenters. The average Bonchev–Trinajstić information content (AvgIpc) is 3.12. The number of alkyl halides is 3. The van der Waals surface area contributed by atoms with E-state index in [-0.39, 0.29) is 55.9 Å². The third-order valence-electron chi connectivity index (χ3n) is 4.26. The number of rotatable bonds is 5. The number of nitrogens with one attached hydrogen (secondary N) is 2. The van der Waals surface area contributed by atoms with Crippen LogP contribution in [0.3, 0.4) is 0 Å². The lowest BCUT2D eigenvalue weighted by atomic mass is 10.1. The minimum atomic E-state index is -5.25. The van der Waals surface area contributed by atoms with Crippen LogP contribution in [-0.4, -0.2) is 56.9 Å². The summed E-state index contributed by atoms with van der Waals surface area (Å²) in [6, 6.07) is 3.93. The first kappa shape index (κ1) is 24.4. The van der Waals surface area contributed by atoms with Crippen LogP contribution in [-0.2, 0) is 10.0 Å². The van der Waals surface area contributed by atoms with Crippen molar-refractivity contribution in [3.05, 3.63) is 22.4 Å². The second-order valence-corrected chi connectivity index (χ2v) is 9.05. The Morgan fingerprint density at radius 2 is 2.04 bits per heavy atom. The second kappa shape index (κ2) is 10.3. The van der Waals surface area contributed by atoms with Crippen molar-refractivity contribution in [3.63, 3.8) is 0 Å². The van der Waals surface area contributed by atoms with Gasteiger partial charge in [-0.15, -0.1) is 35.3 Å². The van der Waals surface area contributed by atoms with E-state index in [1.165, 1.54) is 4.88 Å². The molecular formula is C15H24F3IN4O2S2. The Bertz CT molecular complexity index is 703. The number of guanidine groups is 1. The van der Waals surface area contributed by atoms with E-state index in [1.807, 2.05) is 11.4 Å². The van der Waals surface area contributed by atoms with Gasteiger partial charge in [0.2, 0.25) is 0 Å². The first-order valence-electron chi connectivity index (χ1n) is 8.22. The van der Waals surface area contributed by atoms with Gasteiger partial charge in [0.1, 0.15) is 0 Å². The molecule has 0 bridgehead atoms. The fraction of sp³-hybridized carbons (Fsp3) is 0.667. The van der Waals surface area contributed by atoms with Gasteiger partial charge in [0.05, 0.1) is 0 Å². The van der Waals surface area contributed by atoms with Crippen LogP contribution < -0.4 is 10.6 Å². The number of piperidine rings is 1. The molecule has 1 fully saturated rings. The van der Waals surface area contributed by atoms with Crippen LogP contribution in [0.15, 0.2) is 22.5 Å². The van der Waals surface area contributed by atoms with E-state index >= 15 is 0 Å². The highest BCUT2D eigenvalue weighted by Crippen LogP contribution is 2.29. The minimum Gasteiger partial charge on any atom is -0.356 e. The van der Waals surface area contributed by atoms with Gasteiger partial charge in [0.25, 0.3) is 0 Å². The van der Waals surface area contributed by atoms with Crippen molar-refractivity contribution in [1.82, 2.24) is 14.9 Å². The molecule has 0 spiro atoms. The minimum absolute atomic E-state index is 0. The molecule has 1 aromatic rings. The Balaban J connectivity index is 0.00000364. The van der Waals surface area contributed by atoms with Gasteiger partial charge >= 0.3 is 15.5 Å². The molecule has 6 nitrogen and oxygen atoms in total. The van der Waals surface area contributed by atoms with Crippen molar-refractivity contribution in [2.45, 2.75) is 37.2 Å². The first-order chi connectivity index (χ1) is 12.1. The molecule has 0 saturated carbocycles. The molecule has 2 rings (SSSR count). The summed E-state index contributed by atoms with van der Waals surface area (Å²) < 4.78 is 61.2. The highest BCUT2D eigenvalue weighted by molar-refractivity contribution is 14.0. The van der Waals surface area contributed by atoms with Gasteiger partial charge in [-0.1, -0.05) is 13.0 Å². The van der Waals surface area contributed by atoms with Crippen LogP contribution in [0, 0.1) is 0 Å². The molecule has 1 aromatic heterocycles. The summed E-state index contributed by atoms with van der Waals surface area (Å²) in [7, 11) is -3.62. The van der Waals surface area contributed by atoms with Gasteiger partial charge in [0, 0.05) is 43.5 Å². The van der Waals surface area contributed by atoms with E-state index in [4.69, 9.17) is 0 Å². The Hall–Kier alpha value is -0.600. The predicted molar refractivity (Wildman–Crippen MR) is 112 cm³/mol. The third kappa shape index (κ3) is 6.46. The third-order valence-corrected chi connectivity index (χ3v) is 6.99. The molecule has 1 aliphatic heterocycles. The number of aliphatic imine (C=N–C) groups is 1. The molecule has 1 aliphatic rings. The van der Waals surface area contributed by atoms with Gasteiger partial charge in [0.15, 0.2) is 5.96 Å².